The maximum absolute atomic E-state index is 12.9. The molecule has 5 heteroatoms. The predicted octanol–water partition coefficient (Wildman–Crippen LogP) is 3.92. The fraction of sp³-hybridized carbons (Fsp3) is 0.667. The van der Waals surface area contributed by atoms with Crippen molar-refractivity contribution in [3.63, 3.8) is 0 Å². The van der Waals surface area contributed by atoms with Gasteiger partial charge in [0.25, 0.3) is 0 Å². The van der Waals surface area contributed by atoms with Crippen molar-refractivity contribution in [1.29, 1.82) is 0 Å². The molecule has 1 aromatic carbocycles. The number of carbonyl (C=O) groups is 1. The van der Waals surface area contributed by atoms with Gasteiger partial charge in [-0.3, -0.25) is 4.79 Å². The lowest BCUT2D eigenvalue weighted by molar-refractivity contribution is -0.134. The lowest BCUT2D eigenvalue weighted by Crippen LogP contribution is -2.46. The van der Waals surface area contributed by atoms with Crippen LogP contribution < -0.4 is 4.74 Å². The molecule has 0 radical (unpaired) electrons. The van der Waals surface area contributed by atoms with Crippen LogP contribution in [-0.4, -0.2) is 55.0 Å². The van der Waals surface area contributed by atoms with Crippen LogP contribution in [0.25, 0.3) is 0 Å². The summed E-state index contributed by atoms with van der Waals surface area (Å²) in [6, 6.07) is 8.31. The van der Waals surface area contributed by atoms with E-state index in [0.717, 1.165) is 37.2 Å². The van der Waals surface area contributed by atoms with Gasteiger partial charge in [0.05, 0.1) is 13.5 Å². The summed E-state index contributed by atoms with van der Waals surface area (Å²) < 4.78 is 5.20. The van der Waals surface area contributed by atoms with E-state index in [1.54, 1.807) is 7.11 Å². The Morgan fingerprint density at radius 1 is 1.04 bits per heavy atom. The minimum Gasteiger partial charge on any atom is -0.497 e. The molecule has 1 unspecified atom stereocenters. The number of ether oxygens (including phenoxy) is 1. The van der Waals surface area contributed by atoms with Gasteiger partial charge in [-0.1, -0.05) is 18.6 Å². The highest BCUT2D eigenvalue weighted by atomic mass is 35.5. The summed E-state index contributed by atoms with van der Waals surface area (Å²) in [5, 5.41) is 0. The molecule has 0 bridgehead atoms. The highest BCUT2D eigenvalue weighted by molar-refractivity contribution is 5.85. The van der Waals surface area contributed by atoms with Gasteiger partial charge < -0.3 is 14.5 Å². The summed E-state index contributed by atoms with van der Waals surface area (Å²) in [4.78, 5) is 17.6. The third-order valence-corrected chi connectivity index (χ3v) is 5.69. The Balaban J connectivity index is 0.00000243. The normalized spacial score (nSPS) is 21.1. The highest BCUT2D eigenvalue weighted by Gasteiger charge is 2.27. The summed E-state index contributed by atoms with van der Waals surface area (Å²) >= 11 is 0. The van der Waals surface area contributed by atoms with Crippen molar-refractivity contribution in [2.75, 3.05) is 33.3 Å². The van der Waals surface area contributed by atoms with Gasteiger partial charge in [0.1, 0.15) is 5.75 Å². The van der Waals surface area contributed by atoms with Gasteiger partial charge >= 0.3 is 0 Å². The van der Waals surface area contributed by atoms with E-state index in [4.69, 9.17) is 4.74 Å². The number of halogens is 1. The van der Waals surface area contributed by atoms with Crippen molar-refractivity contribution in [3.8, 4) is 5.75 Å². The molecule has 1 aromatic rings. The van der Waals surface area contributed by atoms with Gasteiger partial charge in [-0.05, 0) is 69.3 Å². The number of hydrogen-bond acceptors (Lipinski definition) is 3. The van der Waals surface area contributed by atoms with Crippen LogP contribution in [0.1, 0.15) is 50.5 Å². The Bertz CT molecular complexity index is 543. The molecule has 0 N–H and O–H groups in total. The molecule has 26 heavy (non-hydrogen) atoms. The van der Waals surface area contributed by atoms with Crippen LogP contribution in [0.4, 0.5) is 0 Å². The third-order valence-electron chi connectivity index (χ3n) is 5.69. The van der Waals surface area contributed by atoms with E-state index in [1.807, 2.05) is 24.3 Å². The van der Waals surface area contributed by atoms with Crippen LogP contribution in [0.5, 0.6) is 5.75 Å². The fourth-order valence-electron chi connectivity index (χ4n) is 4.16. The van der Waals surface area contributed by atoms with E-state index in [2.05, 4.69) is 9.80 Å². The largest absolute Gasteiger partial charge is 0.497 e. The molecule has 1 amide bonds. The molecule has 2 saturated heterocycles. The van der Waals surface area contributed by atoms with Gasteiger partial charge in [0, 0.05) is 19.1 Å². The van der Waals surface area contributed by atoms with Crippen molar-refractivity contribution in [2.45, 2.75) is 57.4 Å². The number of amides is 1. The number of likely N-dealkylation sites (tertiary alicyclic amines) is 2. The Labute approximate surface area is 164 Å². The Hall–Kier alpha value is -1.26. The van der Waals surface area contributed by atoms with Crippen molar-refractivity contribution >= 4 is 18.3 Å². The molecule has 0 aromatic heterocycles. The number of hydrogen-bond donors (Lipinski definition) is 0. The van der Waals surface area contributed by atoms with Crippen LogP contribution in [0.15, 0.2) is 24.3 Å². The minimum atomic E-state index is 0. The van der Waals surface area contributed by atoms with E-state index < -0.39 is 0 Å². The first-order valence-electron chi connectivity index (χ1n) is 9.91. The Morgan fingerprint density at radius 2 is 1.73 bits per heavy atom. The smallest absolute Gasteiger partial charge is 0.227 e. The summed E-state index contributed by atoms with van der Waals surface area (Å²) in [5.41, 5.74) is 1.08. The maximum Gasteiger partial charge on any atom is 0.227 e. The van der Waals surface area contributed by atoms with Crippen LogP contribution in [-0.2, 0) is 11.2 Å². The molecule has 2 fully saturated rings. The van der Waals surface area contributed by atoms with Crippen LogP contribution in [0.2, 0.25) is 0 Å². The molecule has 2 aliphatic rings. The molecular formula is C21H33ClN2O2. The second-order valence-electron chi connectivity index (χ2n) is 7.45. The predicted molar refractivity (Wildman–Crippen MR) is 108 cm³/mol. The lowest BCUT2D eigenvalue weighted by Gasteiger charge is -2.37. The molecule has 0 aliphatic carbocycles. The number of nitrogens with zero attached hydrogens (tertiary/aromatic N) is 2. The van der Waals surface area contributed by atoms with Crippen LogP contribution in [0, 0.1) is 0 Å². The van der Waals surface area contributed by atoms with Crippen LogP contribution >= 0.6 is 12.4 Å². The molecule has 3 rings (SSSR count). The monoisotopic (exact) mass is 380 g/mol. The summed E-state index contributed by atoms with van der Waals surface area (Å²) in [6.07, 6.45) is 9.27. The molecule has 0 spiro atoms. The Morgan fingerprint density at radius 3 is 2.42 bits per heavy atom. The number of benzene rings is 1. The van der Waals surface area contributed by atoms with E-state index in [1.165, 1.54) is 45.2 Å². The number of carbonyl (C=O) groups excluding carboxylic acids is 1. The SMILES string of the molecule is COc1ccc(CC(=O)N2CCCCC2CCN2CCCCC2)cc1.Cl. The number of methoxy groups -OCH3 is 1. The van der Waals surface area contributed by atoms with E-state index >= 15 is 0 Å². The molecule has 146 valence electrons. The lowest BCUT2D eigenvalue weighted by atomic mass is 9.97. The Kier molecular flexibility index (Phi) is 8.73. The quantitative estimate of drug-likeness (QED) is 0.749. The summed E-state index contributed by atoms with van der Waals surface area (Å²) in [7, 11) is 1.67. The van der Waals surface area contributed by atoms with E-state index in [0.29, 0.717) is 12.5 Å². The number of piperidine rings is 2. The van der Waals surface area contributed by atoms with E-state index in [9.17, 15) is 4.79 Å². The zero-order valence-electron chi connectivity index (χ0n) is 16.0. The van der Waals surface area contributed by atoms with Crippen molar-refractivity contribution < 1.29 is 9.53 Å². The number of rotatable bonds is 6. The zero-order valence-corrected chi connectivity index (χ0v) is 16.8. The van der Waals surface area contributed by atoms with Crippen molar-refractivity contribution in [2.24, 2.45) is 0 Å². The fourth-order valence-corrected chi connectivity index (χ4v) is 4.16. The molecule has 1 atom stereocenters. The highest BCUT2D eigenvalue weighted by Crippen LogP contribution is 2.22. The third kappa shape index (κ3) is 5.88. The first-order valence-corrected chi connectivity index (χ1v) is 9.91. The van der Waals surface area contributed by atoms with Crippen molar-refractivity contribution in [1.82, 2.24) is 9.80 Å². The van der Waals surface area contributed by atoms with Crippen molar-refractivity contribution in [3.05, 3.63) is 29.8 Å². The minimum absolute atomic E-state index is 0. The molecular weight excluding hydrogens is 348 g/mol. The first-order chi connectivity index (χ1) is 12.3. The van der Waals surface area contributed by atoms with Crippen LogP contribution in [0.3, 0.4) is 0 Å². The van der Waals surface area contributed by atoms with Gasteiger partial charge in [0.15, 0.2) is 0 Å². The van der Waals surface area contributed by atoms with Gasteiger partial charge in [-0.2, -0.15) is 0 Å². The first kappa shape index (κ1) is 21.0. The second-order valence-corrected chi connectivity index (χ2v) is 7.45. The summed E-state index contributed by atoms with van der Waals surface area (Å²) in [5.74, 6) is 1.13. The van der Waals surface area contributed by atoms with E-state index in [-0.39, 0.29) is 18.3 Å². The topological polar surface area (TPSA) is 32.8 Å². The summed E-state index contributed by atoms with van der Waals surface area (Å²) in [6.45, 7) is 4.57. The molecule has 2 aliphatic heterocycles. The van der Waals surface area contributed by atoms with Gasteiger partial charge in [-0.15, -0.1) is 12.4 Å². The van der Waals surface area contributed by atoms with Gasteiger partial charge in [0.2, 0.25) is 5.91 Å². The molecule has 0 saturated carbocycles. The molecule has 2 heterocycles. The maximum atomic E-state index is 12.9. The van der Waals surface area contributed by atoms with Gasteiger partial charge in [-0.25, -0.2) is 0 Å². The average Bonchev–Trinajstić information content (AvgIpc) is 2.68. The zero-order chi connectivity index (χ0) is 17.5. The molecule has 4 nitrogen and oxygen atoms in total. The average molecular weight is 381 g/mol. The standard InChI is InChI=1S/C21H32N2O2.ClH/c1-25-20-10-8-18(9-11-20)17-21(24)23-15-6-3-7-19(23)12-16-22-13-4-2-5-14-22;/h8-11,19H,2-7,12-17H2,1H3;1H. The second kappa shape index (κ2) is 10.8.